The molecule has 0 fully saturated rings. The molecule has 3 heteroatoms. The largest absolute Gasteiger partial charge is 0.508 e. The topological polar surface area (TPSA) is 53.4 Å². The SMILES string of the molecule is CC.CC(C)(C)c1ccc2nc(-c3cccc(O)c3)c(CCCO)cc2c1. The maximum absolute atomic E-state index is 9.81. The molecular formula is C24H31NO2. The second kappa shape index (κ2) is 9.01. The third-order valence-corrected chi connectivity index (χ3v) is 4.48. The van der Waals surface area contributed by atoms with E-state index >= 15 is 0 Å². The molecule has 0 bridgehead atoms. The van der Waals surface area contributed by atoms with Crippen LogP contribution in [0.25, 0.3) is 22.2 Å². The molecule has 0 aliphatic rings. The average molecular weight is 366 g/mol. The van der Waals surface area contributed by atoms with Gasteiger partial charge in [-0.25, -0.2) is 4.98 Å². The molecule has 0 spiro atoms. The van der Waals surface area contributed by atoms with Gasteiger partial charge in [0.2, 0.25) is 0 Å². The molecule has 0 aliphatic heterocycles. The average Bonchev–Trinajstić information content (AvgIpc) is 2.66. The van der Waals surface area contributed by atoms with Crippen molar-refractivity contribution in [3.63, 3.8) is 0 Å². The van der Waals surface area contributed by atoms with Gasteiger partial charge in [-0.15, -0.1) is 0 Å². The molecule has 0 amide bonds. The van der Waals surface area contributed by atoms with Crippen LogP contribution in [0.2, 0.25) is 0 Å². The van der Waals surface area contributed by atoms with Gasteiger partial charge in [-0.05, 0) is 59.7 Å². The number of hydrogen-bond acceptors (Lipinski definition) is 3. The normalized spacial score (nSPS) is 11.2. The molecule has 0 radical (unpaired) electrons. The van der Waals surface area contributed by atoms with E-state index in [1.54, 1.807) is 12.1 Å². The number of fused-ring (bicyclic) bond motifs is 1. The van der Waals surface area contributed by atoms with Crippen LogP contribution in [-0.2, 0) is 11.8 Å². The van der Waals surface area contributed by atoms with E-state index in [2.05, 4.69) is 45.0 Å². The van der Waals surface area contributed by atoms with Gasteiger partial charge in [-0.2, -0.15) is 0 Å². The molecule has 3 rings (SSSR count). The van der Waals surface area contributed by atoms with Crippen LogP contribution in [0, 0.1) is 0 Å². The Balaban J connectivity index is 0.00000126. The maximum Gasteiger partial charge on any atom is 0.116 e. The molecule has 144 valence electrons. The van der Waals surface area contributed by atoms with Gasteiger partial charge in [0.05, 0.1) is 11.2 Å². The lowest BCUT2D eigenvalue weighted by atomic mass is 9.86. The quantitative estimate of drug-likeness (QED) is 0.609. The van der Waals surface area contributed by atoms with E-state index in [9.17, 15) is 10.2 Å². The molecule has 3 aromatic rings. The lowest BCUT2D eigenvalue weighted by molar-refractivity contribution is 0.288. The number of aliphatic hydroxyl groups excluding tert-OH is 1. The highest BCUT2D eigenvalue weighted by Gasteiger charge is 2.15. The summed E-state index contributed by atoms with van der Waals surface area (Å²) < 4.78 is 0. The summed E-state index contributed by atoms with van der Waals surface area (Å²) >= 11 is 0. The summed E-state index contributed by atoms with van der Waals surface area (Å²) in [5.74, 6) is 0.232. The van der Waals surface area contributed by atoms with Crippen LogP contribution >= 0.6 is 0 Å². The number of aromatic nitrogens is 1. The number of phenols is 1. The van der Waals surface area contributed by atoms with Crippen molar-refractivity contribution >= 4 is 10.9 Å². The van der Waals surface area contributed by atoms with E-state index in [0.717, 1.165) is 34.1 Å². The summed E-state index contributed by atoms with van der Waals surface area (Å²) in [5, 5.41) is 20.2. The van der Waals surface area contributed by atoms with Crippen molar-refractivity contribution in [2.24, 2.45) is 0 Å². The van der Waals surface area contributed by atoms with Crippen LogP contribution in [0.1, 0.15) is 52.2 Å². The summed E-state index contributed by atoms with van der Waals surface area (Å²) in [6.07, 6.45) is 1.45. The first kappa shape index (κ1) is 20.9. The zero-order valence-electron chi connectivity index (χ0n) is 17.1. The van der Waals surface area contributed by atoms with E-state index < -0.39 is 0 Å². The zero-order chi connectivity index (χ0) is 20.0. The third-order valence-electron chi connectivity index (χ3n) is 4.48. The minimum atomic E-state index is 0.0866. The second-order valence-electron chi connectivity index (χ2n) is 7.53. The number of rotatable bonds is 4. The molecule has 0 atom stereocenters. The first-order valence-electron chi connectivity index (χ1n) is 9.73. The van der Waals surface area contributed by atoms with Crippen LogP contribution in [0.15, 0.2) is 48.5 Å². The van der Waals surface area contributed by atoms with E-state index in [4.69, 9.17) is 4.98 Å². The Bertz CT molecular complexity index is 895. The molecule has 27 heavy (non-hydrogen) atoms. The number of nitrogens with zero attached hydrogens (tertiary/aromatic N) is 1. The third kappa shape index (κ3) is 5.08. The number of hydrogen-bond donors (Lipinski definition) is 2. The minimum Gasteiger partial charge on any atom is -0.508 e. The fourth-order valence-electron chi connectivity index (χ4n) is 3.05. The fraction of sp³-hybridized carbons (Fsp3) is 0.375. The van der Waals surface area contributed by atoms with Crippen LogP contribution in [-0.4, -0.2) is 21.8 Å². The van der Waals surface area contributed by atoms with Crippen molar-refractivity contribution in [1.82, 2.24) is 4.98 Å². The van der Waals surface area contributed by atoms with Gasteiger partial charge >= 0.3 is 0 Å². The summed E-state index contributed by atoms with van der Waals surface area (Å²) in [5.41, 5.74) is 5.18. The lowest BCUT2D eigenvalue weighted by Gasteiger charge is -2.20. The Morgan fingerprint density at radius 2 is 1.70 bits per heavy atom. The molecule has 2 aromatic carbocycles. The van der Waals surface area contributed by atoms with Crippen LogP contribution < -0.4 is 0 Å². The summed E-state index contributed by atoms with van der Waals surface area (Å²) in [4.78, 5) is 4.87. The smallest absolute Gasteiger partial charge is 0.116 e. The Hall–Kier alpha value is -2.39. The van der Waals surface area contributed by atoms with Gasteiger partial charge in [-0.1, -0.05) is 52.8 Å². The molecule has 0 saturated heterocycles. The van der Waals surface area contributed by atoms with Gasteiger partial charge < -0.3 is 10.2 Å². The molecule has 0 aliphatic carbocycles. The zero-order valence-corrected chi connectivity index (χ0v) is 17.1. The molecule has 0 saturated carbocycles. The van der Waals surface area contributed by atoms with Crippen molar-refractivity contribution in [2.45, 2.75) is 52.9 Å². The van der Waals surface area contributed by atoms with Crippen LogP contribution in [0.5, 0.6) is 5.75 Å². The number of pyridine rings is 1. The predicted octanol–water partition coefficient (Wildman–Crippen LogP) is 5.86. The molecule has 1 aromatic heterocycles. The molecular weight excluding hydrogens is 334 g/mol. The van der Waals surface area contributed by atoms with Gasteiger partial charge in [0.1, 0.15) is 5.75 Å². The minimum absolute atomic E-state index is 0.0866. The summed E-state index contributed by atoms with van der Waals surface area (Å²) in [7, 11) is 0. The van der Waals surface area contributed by atoms with Crippen molar-refractivity contribution in [3.8, 4) is 17.0 Å². The molecule has 3 nitrogen and oxygen atoms in total. The van der Waals surface area contributed by atoms with Crippen LogP contribution in [0.3, 0.4) is 0 Å². The van der Waals surface area contributed by atoms with Crippen molar-refractivity contribution in [1.29, 1.82) is 0 Å². The highest BCUT2D eigenvalue weighted by Crippen LogP contribution is 2.31. The standard InChI is InChI=1S/C22H25NO2.C2H6/c1-22(2,3)18-9-10-20-17(13-18)12-15(7-5-11-24)21(23-20)16-6-4-8-19(25)14-16;1-2/h4,6,8-10,12-14,24-25H,5,7,11H2,1-3H3;1-2H3. The van der Waals surface area contributed by atoms with Gasteiger partial charge in [-0.3, -0.25) is 0 Å². The number of aliphatic hydroxyl groups is 1. The van der Waals surface area contributed by atoms with Crippen molar-refractivity contribution in [2.75, 3.05) is 6.61 Å². The summed E-state index contributed by atoms with van der Waals surface area (Å²) in [6, 6.07) is 15.8. The van der Waals surface area contributed by atoms with E-state index in [-0.39, 0.29) is 17.8 Å². The molecule has 1 heterocycles. The molecule has 0 unspecified atom stereocenters. The Morgan fingerprint density at radius 1 is 0.963 bits per heavy atom. The number of aryl methyl sites for hydroxylation is 1. The van der Waals surface area contributed by atoms with Crippen LogP contribution in [0.4, 0.5) is 0 Å². The number of phenolic OH excluding ortho intramolecular Hbond substituents is 1. The fourth-order valence-corrected chi connectivity index (χ4v) is 3.05. The first-order chi connectivity index (χ1) is 12.9. The number of aromatic hydroxyl groups is 1. The Kier molecular flexibility index (Phi) is 6.98. The Labute approximate surface area is 162 Å². The first-order valence-corrected chi connectivity index (χ1v) is 9.73. The highest BCUT2D eigenvalue weighted by molar-refractivity contribution is 5.84. The van der Waals surface area contributed by atoms with Crippen molar-refractivity contribution < 1.29 is 10.2 Å². The second-order valence-corrected chi connectivity index (χ2v) is 7.53. The number of benzene rings is 2. The van der Waals surface area contributed by atoms with E-state index in [1.807, 2.05) is 26.0 Å². The predicted molar refractivity (Wildman–Crippen MR) is 114 cm³/mol. The van der Waals surface area contributed by atoms with E-state index in [0.29, 0.717) is 6.42 Å². The lowest BCUT2D eigenvalue weighted by Crippen LogP contribution is -2.10. The van der Waals surface area contributed by atoms with Gasteiger partial charge in [0.25, 0.3) is 0 Å². The molecule has 2 N–H and O–H groups in total. The van der Waals surface area contributed by atoms with E-state index in [1.165, 1.54) is 5.56 Å². The van der Waals surface area contributed by atoms with Crippen molar-refractivity contribution in [3.05, 3.63) is 59.7 Å². The monoisotopic (exact) mass is 365 g/mol. The maximum atomic E-state index is 9.81. The van der Waals surface area contributed by atoms with Gasteiger partial charge in [0.15, 0.2) is 0 Å². The van der Waals surface area contributed by atoms with Gasteiger partial charge in [0, 0.05) is 17.6 Å². The highest BCUT2D eigenvalue weighted by atomic mass is 16.3. The Morgan fingerprint density at radius 3 is 2.33 bits per heavy atom. The summed E-state index contributed by atoms with van der Waals surface area (Å²) in [6.45, 7) is 10.8.